The van der Waals surface area contributed by atoms with E-state index >= 15 is 0 Å². The van der Waals surface area contributed by atoms with Gasteiger partial charge < -0.3 is 14.3 Å². The zero-order valence-electron chi connectivity index (χ0n) is 15.0. The highest BCUT2D eigenvalue weighted by Crippen LogP contribution is 2.24. The molecular formula is C21H18ClN3O2. The largest absolute Gasteiger partial charge is 0.467 e. The average molecular weight is 380 g/mol. The van der Waals surface area contributed by atoms with Crippen LogP contribution in [0.1, 0.15) is 22.7 Å². The minimum Gasteiger partial charge on any atom is -0.467 e. The lowest BCUT2D eigenvalue weighted by Gasteiger charge is -2.10. The molecule has 2 aromatic heterocycles. The number of carbonyl (C=O) groups excluding carboxylic acids is 1. The van der Waals surface area contributed by atoms with Gasteiger partial charge in [0.2, 0.25) is 0 Å². The van der Waals surface area contributed by atoms with Crippen LogP contribution in [0.2, 0.25) is 5.02 Å². The van der Waals surface area contributed by atoms with Gasteiger partial charge in [-0.2, -0.15) is 5.26 Å². The maximum Gasteiger partial charge on any atom is 0.262 e. The highest BCUT2D eigenvalue weighted by Gasteiger charge is 2.14. The van der Waals surface area contributed by atoms with E-state index in [1.165, 1.54) is 6.26 Å². The van der Waals surface area contributed by atoms with Crippen molar-refractivity contribution in [3.8, 4) is 11.8 Å². The van der Waals surface area contributed by atoms with E-state index in [9.17, 15) is 10.1 Å². The number of aryl methyl sites for hydroxylation is 1. The summed E-state index contributed by atoms with van der Waals surface area (Å²) in [6, 6.07) is 14.9. The molecule has 1 N–H and O–H groups in total. The van der Waals surface area contributed by atoms with E-state index in [1.54, 1.807) is 18.2 Å². The fourth-order valence-corrected chi connectivity index (χ4v) is 3.11. The van der Waals surface area contributed by atoms with Gasteiger partial charge in [0.15, 0.2) is 0 Å². The molecule has 0 unspecified atom stereocenters. The second kappa shape index (κ2) is 7.98. The third kappa shape index (κ3) is 4.13. The van der Waals surface area contributed by atoms with Crippen molar-refractivity contribution >= 4 is 23.6 Å². The summed E-state index contributed by atoms with van der Waals surface area (Å²) in [6.45, 7) is 4.14. The summed E-state index contributed by atoms with van der Waals surface area (Å²) in [7, 11) is 0. The van der Waals surface area contributed by atoms with Crippen LogP contribution in [0.15, 0.2) is 58.7 Å². The summed E-state index contributed by atoms with van der Waals surface area (Å²) >= 11 is 6.10. The Morgan fingerprint density at radius 1 is 1.30 bits per heavy atom. The Bertz CT molecular complexity index is 1040. The minimum absolute atomic E-state index is 0.0351. The molecule has 0 aliphatic heterocycles. The van der Waals surface area contributed by atoms with Crippen LogP contribution in [0.4, 0.5) is 0 Å². The molecule has 0 fully saturated rings. The first-order valence-corrected chi connectivity index (χ1v) is 8.74. The number of benzene rings is 1. The van der Waals surface area contributed by atoms with Gasteiger partial charge in [0.25, 0.3) is 5.91 Å². The predicted octanol–water partition coefficient (Wildman–Crippen LogP) is 4.56. The molecule has 0 aliphatic rings. The Morgan fingerprint density at radius 2 is 2.11 bits per heavy atom. The van der Waals surface area contributed by atoms with Crippen molar-refractivity contribution in [2.45, 2.75) is 20.4 Å². The van der Waals surface area contributed by atoms with Gasteiger partial charge in [-0.1, -0.05) is 17.7 Å². The van der Waals surface area contributed by atoms with Crippen molar-refractivity contribution in [3.05, 3.63) is 82.0 Å². The lowest BCUT2D eigenvalue weighted by Crippen LogP contribution is -2.23. The van der Waals surface area contributed by atoms with Gasteiger partial charge in [0.05, 0.1) is 12.8 Å². The highest BCUT2D eigenvalue weighted by atomic mass is 35.5. The number of nitrogens with one attached hydrogen (secondary N) is 1. The van der Waals surface area contributed by atoms with Gasteiger partial charge in [0.1, 0.15) is 17.4 Å². The van der Waals surface area contributed by atoms with E-state index in [2.05, 4.69) is 5.32 Å². The fraction of sp³-hybridized carbons (Fsp3) is 0.143. The van der Waals surface area contributed by atoms with E-state index in [0.717, 1.165) is 22.6 Å². The lowest BCUT2D eigenvalue weighted by atomic mass is 10.1. The normalized spacial score (nSPS) is 11.3. The monoisotopic (exact) mass is 379 g/mol. The number of nitriles is 1. The number of nitrogens with zero attached hydrogens (tertiary/aromatic N) is 2. The molecule has 0 aliphatic carbocycles. The molecule has 0 radical (unpaired) electrons. The van der Waals surface area contributed by atoms with Crippen LogP contribution in [0, 0.1) is 25.2 Å². The van der Waals surface area contributed by atoms with Crippen molar-refractivity contribution in [2.24, 2.45) is 0 Å². The summed E-state index contributed by atoms with van der Waals surface area (Å²) in [6.07, 6.45) is 3.13. The number of hydrogen-bond acceptors (Lipinski definition) is 3. The average Bonchev–Trinajstić information content (AvgIpc) is 3.25. The lowest BCUT2D eigenvalue weighted by molar-refractivity contribution is -0.117. The molecule has 0 atom stereocenters. The second-order valence-electron chi connectivity index (χ2n) is 6.07. The molecule has 27 heavy (non-hydrogen) atoms. The molecule has 1 amide bonds. The quantitative estimate of drug-likeness (QED) is 0.521. The molecule has 1 aromatic carbocycles. The van der Waals surface area contributed by atoms with Crippen LogP contribution in [0.5, 0.6) is 0 Å². The van der Waals surface area contributed by atoms with Crippen LogP contribution in [0.3, 0.4) is 0 Å². The first-order valence-electron chi connectivity index (χ1n) is 8.37. The maximum absolute atomic E-state index is 12.3. The Morgan fingerprint density at radius 3 is 2.78 bits per heavy atom. The summed E-state index contributed by atoms with van der Waals surface area (Å²) in [5.41, 5.74) is 3.67. The minimum atomic E-state index is -0.443. The fourth-order valence-electron chi connectivity index (χ4n) is 2.93. The SMILES string of the molecule is Cc1cc(/C=C(\C#N)C(=O)NCc2ccco2)c(C)n1-c1cccc(Cl)c1. The molecule has 136 valence electrons. The van der Waals surface area contributed by atoms with Gasteiger partial charge in [-0.15, -0.1) is 0 Å². The molecule has 5 nitrogen and oxygen atoms in total. The topological polar surface area (TPSA) is 71.0 Å². The standard InChI is InChI=1S/C21H18ClN3O2/c1-14-9-16(15(2)25(14)19-6-3-5-18(22)11-19)10-17(12-23)21(26)24-13-20-7-4-8-27-20/h3-11H,13H2,1-2H3,(H,24,26)/b17-10+. The Kier molecular flexibility index (Phi) is 5.49. The van der Waals surface area contributed by atoms with Crippen molar-refractivity contribution < 1.29 is 9.21 Å². The molecule has 0 spiro atoms. The summed E-state index contributed by atoms with van der Waals surface area (Å²) in [5.74, 6) is 0.182. The maximum atomic E-state index is 12.3. The number of halogens is 1. The third-order valence-corrected chi connectivity index (χ3v) is 4.44. The number of hydrogen-bond donors (Lipinski definition) is 1. The van der Waals surface area contributed by atoms with Gasteiger partial charge >= 0.3 is 0 Å². The first kappa shape index (κ1) is 18.6. The molecule has 0 saturated carbocycles. The summed E-state index contributed by atoms with van der Waals surface area (Å²) < 4.78 is 7.22. The van der Waals surface area contributed by atoms with E-state index in [-0.39, 0.29) is 12.1 Å². The van der Waals surface area contributed by atoms with E-state index < -0.39 is 5.91 Å². The van der Waals surface area contributed by atoms with Crippen molar-refractivity contribution in [1.82, 2.24) is 9.88 Å². The molecule has 3 rings (SSSR count). The van der Waals surface area contributed by atoms with E-state index in [1.807, 2.05) is 54.8 Å². The number of amides is 1. The molecule has 6 heteroatoms. The molecule has 2 heterocycles. The summed E-state index contributed by atoms with van der Waals surface area (Å²) in [4.78, 5) is 12.3. The van der Waals surface area contributed by atoms with Crippen molar-refractivity contribution in [2.75, 3.05) is 0 Å². The number of aromatic nitrogens is 1. The van der Waals surface area contributed by atoms with Crippen molar-refractivity contribution in [1.29, 1.82) is 5.26 Å². The van der Waals surface area contributed by atoms with Crippen molar-refractivity contribution in [3.63, 3.8) is 0 Å². The zero-order valence-corrected chi connectivity index (χ0v) is 15.7. The summed E-state index contributed by atoms with van der Waals surface area (Å²) in [5, 5.41) is 12.7. The van der Waals surface area contributed by atoms with Gasteiger partial charge in [-0.05, 0) is 61.9 Å². The molecular weight excluding hydrogens is 362 g/mol. The van der Waals surface area contributed by atoms with E-state index in [0.29, 0.717) is 10.8 Å². The Balaban J connectivity index is 1.87. The number of rotatable bonds is 5. The van der Waals surface area contributed by atoms with Crippen LogP contribution in [0.25, 0.3) is 11.8 Å². The zero-order chi connectivity index (χ0) is 19.4. The Labute approximate surface area is 162 Å². The van der Waals surface area contributed by atoms with Gasteiger partial charge in [-0.25, -0.2) is 0 Å². The van der Waals surface area contributed by atoms with Crippen LogP contribution < -0.4 is 5.32 Å². The molecule has 3 aromatic rings. The Hall–Kier alpha value is -3.23. The third-order valence-electron chi connectivity index (χ3n) is 4.20. The first-order chi connectivity index (χ1) is 13.0. The highest BCUT2D eigenvalue weighted by molar-refractivity contribution is 6.30. The van der Waals surface area contributed by atoms with E-state index in [4.69, 9.17) is 16.0 Å². The number of carbonyl (C=O) groups is 1. The second-order valence-corrected chi connectivity index (χ2v) is 6.51. The van der Waals surface area contributed by atoms with Gasteiger partial charge in [-0.3, -0.25) is 4.79 Å². The van der Waals surface area contributed by atoms with Crippen LogP contribution >= 0.6 is 11.6 Å². The van der Waals surface area contributed by atoms with Gasteiger partial charge in [0, 0.05) is 22.1 Å². The number of furan rings is 1. The van der Waals surface area contributed by atoms with Crippen LogP contribution in [-0.4, -0.2) is 10.5 Å². The smallest absolute Gasteiger partial charge is 0.262 e. The van der Waals surface area contributed by atoms with Crippen LogP contribution in [-0.2, 0) is 11.3 Å². The molecule has 0 bridgehead atoms. The molecule has 0 saturated heterocycles. The predicted molar refractivity (Wildman–Crippen MR) is 104 cm³/mol.